The first-order valence-electron chi connectivity index (χ1n) is 5.12. The summed E-state index contributed by atoms with van der Waals surface area (Å²) in [4.78, 5) is 11.6. The summed E-state index contributed by atoms with van der Waals surface area (Å²) >= 11 is 0. The lowest BCUT2D eigenvalue weighted by Gasteiger charge is -2.04. The Morgan fingerprint density at radius 1 is 1.31 bits per heavy atom. The van der Waals surface area contributed by atoms with Crippen LogP contribution in [0.3, 0.4) is 0 Å². The van der Waals surface area contributed by atoms with Crippen molar-refractivity contribution < 1.29 is 13.4 Å². The molecule has 0 aliphatic carbocycles. The summed E-state index contributed by atoms with van der Waals surface area (Å²) in [6, 6.07) is 5.31. The zero-order chi connectivity index (χ0) is 12.1. The molecule has 0 bridgehead atoms. The third-order valence-electron chi connectivity index (χ3n) is 1.98. The van der Waals surface area contributed by atoms with E-state index in [1.165, 1.54) is 24.3 Å². The summed E-state index contributed by atoms with van der Waals surface area (Å²) in [6.07, 6.45) is 0. The molecule has 0 fully saturated rings. The maximum absolute atomic E-state index is 12.6. The summed E-state index contributed by atoms with van der Waals surface area (Å²) in [7, 11) is -1.13. The van der Waals surface area contributed by atoms with Gasteiger partial charge in [-0.05, 0) is 30.2 Å². The number of rotatable bonds is 5. The Hall–Kier alpha value is -1.03. The van der Waals surface area contributed by atoms with Crippen LogP contribution in [-0.4, -0.2) is 21.5 Å². The minimum absolute atomic E-state index is 0.0177. The van der Waals surface area contributed by atoms with Crippen molar-refractivity contribution in [2.45, 2.75) is 13.8 Å². The first kappa shape index (κ1) is 13.0. The van der Waals surface area contributed by atoms with Crippen molar-refractivity contribution in [1.82, 2.24) is 0 Å². The molecule has 88 valence electrons. The van der Waals surface area contributed by atoms with Gasteiger partial charge in [0.15, 0.2) is 5.78 Å². The lowest BCUT2D eigenvalue weighted by molar-refractivity contribution is 0.102. The summed E-state index contributed by atoms with van der Waals surface area (Å²) < 4.78 is 24.1. The molecule has 1 aromatic carbocycles. The molecule has 0 aliphatic rings. The van der Waals surface area contributed by atoms with Crippen LogP contribution in [0.15, 0.2) is 24.3 Å². The zero-order valence-electron chi connectivity index (χ0n) is 9.40. The van der Waals surface area contributed by atoms with Gasteiger partial charge in [0, 0.05) is 22.1 Å². The van der Waals surface area contributed by atoms with Gasteiger partial charge in [0.1, 0.15) is 5.82 Å². The molecule has 1 atom stereocenters. The number of Topliss-reactive ketones (excluding diaryl/α,β-unsaturated/α-hetero) is 1. The van der Waals surface area contributed by atoms with Gasteiger partial charge in [-0.25, -0.2) is 4.39 Å². The zero-order valence-corrected chi connectivity index (χ0v) is 10.2. The molecule has 1 aromatic rings. The quantitative estimate of drug-likeness (QED) is 0.743. The second-order valence-electron chi connectivity index (χ2n) is 4.07. The molecular formula is C12H15FO2S. The van der Waals surface area contributed by atoms with Crippen molar-refractivity contribution in [2.24, 2.45) is 5.92 Å². The summed E-state index contributed by atoms with van der Waals surface area (Å²) in [5.41, 5.74) is 0.415. The van der Waals surface area contributed by atoms with E-state index in [-0.39, 0.29) is 17.4 Å². The fourth-order valence-corrected chi connectivity index (χ4v) is 2.62. The molecule has 0 heterocycles. The Labute approximate surface area is 97.3 Å². The molecule has 1 rings (SSSR count). The molecule has 0 aromatic heterocycles. The van der Waals surface area contributed by atoms with E-state index >= 15 is 0 Å². The maximum atomic E-state index is 12.6. The van der Waals surface area contributed by atoms with E-state index in [2.05, 4.69) is 0 Å². The van der Waals surface area contributed by atoms with Gasteiger partial charge in [0.25, 0.3) is 0 Å². The molecular weight excluding hydrogens is 227 g/mol. The van der Waals surface area contributed by atoms with Crippen LogP contribution in [0.4, 0.5) is 4.39 Å². The highest BCUT2D eigenvalue weighted by Crippen LogP contribution is 2.05. The van der Waals surface area contributed by atoms with E-state index in [4.69, 9.17) is 0 Å². The standard InChI is InChI=1S/C12H15FO2S/c1-9(2)7-16(15)8-12(14)10-3-5-11(13)6-4-10/h3-6,9H,7-8H2,1-2H3. The predicted octanol–water partition coefficient (Wildman–Crippen LogP) is 2.41. The first-order valence-corrected chi connectivity index (χ1v) is 6.61. The Morgan fingerprint density at radius 2 is 1.88 bits per heavy atom. The average molecular weight is 242 g/mol. The second-order valence-corrected chi connectivity index (χ2v) is 5.58. The van der Waals surface area contributed by atoms with Gasteiger partial charge in [0.2, 0.25) is 0 Å². The molecule has 16 heavy (non-hydrogen) atoms. The molecule has 2 nitrogen and oxygen atoms in total. The Kier molecular flexibility index (Phi) is 4.80. The Bertz CT molecular complexity index is 385. The molecule has 0 aliphatic heterocycles. The predicted molar refractivity (Wildman–Crippen MR) is 63.4 cm³/mol. The molecule has 1 unspecified atom stereocenters. The van der Waals surface area contributed by atoms with E-state index in [9.17, 15) is 13.4 Å². The van der Waals surface area contributed by atoms with Gasteiger partial charge in [0.05, 0.1) is 5.75 Å². The van der Waals surface area contributed by atoms with E-state index in [1.54, 1.807) is 0 Å². The van der Waals surface area contributed by atoms with Crippen molar-refractivity contribution in [3.8, 4) is 0 Å². The average Bonchev–Trinajstić information content (AvgIpc) is 2.16. The molecule has 0 saturated carbocycles. The lowest BCUT2D eigenvalue weighted by Crippen LogP contribution is -2.15. The lowest BCUT2D eigenvalue weighted by atomic mass is 10.1. The molecule has 0 N–H and O–H groups in total. The largest absolute Gasteiger partial charge is 0.293 e. The van der Waals surface area contributed by atoms with Crippen LogP contribution in [0.2, 0.25) is 0 Å². The van der Waals surface area contributed by atoms with Crippen LogP contribution in [0.25, 0.3) is 0 Å². The van der Waals surface area contributed by atoms with Crippen LogP contribution >= 0.6 is 0 Å². The van der Waals surface area contributed by atoms with Crippen molar-refractivity contribution in [3.63, 3.8) is 0 Å². The number of ketones is 1. The minimum atomic E-state index is -1.13. The van der Waals surface area contributed by atoms with Crippen molar-refractivity contribution >= 4 is 16.6 Å². The first-order chi connectivity index (χ1) is 7.49. The van der Waals surface area contributed by atoms with Crippen molar-refractivity contribution in [2.75, 3.05) is 11.5 Å². The van der Waals surface area contributed by atoms with E-state index in [0.29, 0.717) is 17.2 Å². The number of halogens is 1. The minimum Gasteiger partial charge on any atom is -0.293 e. The highest BCUT2D eigenvalue weighted by Gasteiger charge is 2.11. The summed E-state index contributed by atoms with van der Waals surface area (Å²) in [5, 5.41) is 0. The van der Waals surface area contributed by atoms with Crippen molar-refractivity contribution in [1.29, 1.82) is 0 Å². The Balaban J connectivity index is 2.59. The number of benzene rings is 1. The van der Waals surface area contributed by atoms with Crippen LogP contribution in [-0.2, 0) is 10.8 Å². The number of carbonyl (C=O) groups is 1. The third-order valence-corrected chi connectivity index (χ3v) is 3.60. The normalized spacial score (nSPS) is 12.8. The summed E-state index contributed by atoms with van der Waals surface area (Å²) in [5.74, 6) is 0.275. The van der Waals surface area contributed by atoms with Gasteiger partial charge in [-0.15, -0.1) is 0 Å². The molecule has 0 saturated heterocycles. The molecule has 0 radical (unpaired) electrons. The number of carbonyl (C=O) groups excluding carboxylic acids is 1. The van der Waals surface area contributed by atoms with Gasteiger partial charge in [-0.2, -0.15) is 0 Å². The van der Waals surface area contributed by atoms with Gasteiger partial charge in [-0.3, -0.25) is 9.00 Å². The number of hydrogen-bond donors (Lipinski definition) is 0. The Morgan fingerprint density at radius 3 is 2.38 bits per heavy atom. The second kappa shape index (κ2) is 5.89. The maximum Gasteiger partial charge on any atom is 0.175 e. The monoisotopic (exact) mass is 242 g/mol. The van der Waals surface area contributed by atoms with Crippen LogP contribution in [0.5, 0.6) is 0 Å². The van der Waals surface area contributed by atoms with Crippen molar-refractivity contribution in [3.05, 3.63) is 35.6 Å². The van der Waals surface area contributed by atoms with Gasteiger partial charge in [-0.1, -0.05) is 13.8 Å². The highest BCUT2D eigenvalue weighted by atomic mass is 32.2. The topological polar surface area (TPSA) is 34.1 Å². The smallest absolute Gasteiger partial charge is 0.175 e. The fraction of sp³-hybridized carbons (Fsp3) is 0.417. The SMILES string of the molecule is CC(C)CS(=O)CC(=O)c1ccc(F)cc1. The highest BCUT2D eigenvalue weighted by molar-refractivity contribution is 7.85. The van der Waals surface area contributed by atoms with E-state index in [0.717, 1.165) is 0 Å². The molecule has 0 amide bonds. The summed E-state index contributed by atoms with van der Waals surface area (Å²) in [6.45, 7) is 3.92. The van der Waals surface area contributed by atoms with E-state index < -0.39 is 10.8 Å². The van der Waals surface area contributed by atoms with Crippen LogP contribution < -0.4 is 0 Å². The fourth-order valence-electron chi connectivity index (χ4n) is 1.30. The van der Waals surface area contributed by atoms with Gasteiger partial charge >= 0.3 is 0 Å². The van der Waals surface area contributed by atoms with Gasteiger partial charge < -0.3 is 0 Å². The number of hydrogen-bond acceptors (Lipinski definition) is 2. The third kappa shape index (κ3) is 4.23. The van der Waals surface area contributed by atoms with Crippen LogP contribution in [0.1, 0.15) is 24.2 Å². The molecule has 0 spiro atoms. The van der Waals surface area contributed by atoms with E-state index in [1.807, 2.05) is 13.8 Å². The molecule has 4 heteroatoms. The van der Waals surface area contributed by atoms with Crippen LogP contribution in [0, 0.1) is 11.7 Å².